The van der Waals surface area contributed by atoms with Gasteiger partial charge in [0.2, 0.25) is 4.96 Å². The summed E-state index contributed by atoms with van der Waals surface area (Å²) >= 11 is 1.67. The summed E-state index contributed by atoms with van der Waals surface area (Å²) in [5.74, 6) is 1.67. The Morgan fingerprint density at radius 1 is 1.22 bits per heavy atom. The summed E-state index contributed by atoms with van der Waals surface area (Å²) in [7, 11) is 0. The van der Waals surface area contributed by atoms with Gasteiger partial charge in [-0.1, -0.05) is 11.3 Å². The Morgan fingerprint density at radius 2 is 2.06 bits per heavy atom. The second kappa shape index (κ2) is 4.25. The molecule has 2 aromatic rings. The molecule has 0 spiro atoms. The second-order valence-corrected chi connectivity index (χ2v) is 6.09. The van der Waals surface area contributed by atoms with Crippen molar-refractivity contribution < 1.29 is 0 Å². The molecule has 1 aliphatic heterocycles. The van der Waals surface area contributed by atoms with Gasteiger partial charge in [-0.05, 0) is 12.8 Å². The number of hydrogen-bond donors (Lipinski definition) is 1. The number of hydrogen-bond acceptors (Lipinski definition) is 6. The zero-order chi connectivity index (χ0) is 11.9. The molecule has 1 saturated heterocycles. The van der Waals surface area contributed by atoms with Gasteiger partial charge in [-0.2, -0.15) is 9.61 Å². The standard InChI is InChI=1S/C11H16N6S/c1-2-8(1)10-13-14-11-17(10)15-9(18-11)7-16-5-3-12-4-6-16/h8,12H,1-7H2. The fourth-order valence-electron chi connectivity index (χ4n) is 2.39. The average Bonchev–Trinajstić information content (AvgIpc) is 3.03. The average molecular weight is 264 g/mol. The summed E-state index contributed by atoms with van der Waals surface area (Å²) < 4.78 is 1.96. The Bertz CT molecular complexity index is 551. The third kappa shape index (κ3) is 1.92. The van der Waals surface area contributed by atoms with Gasteiger partial charge in [0, 0.05) is 32.1 Å². The van der Waals surface area contributed by atoms with Crippen LogP contribution in [0.3, 0.4) is 0 Å². The summed E-state index contributed by atoms with van der Waals surface area (Å²) in [4.78, 5) is 3.39. The summed E-state index contributed by atoms with van der Waals surface area (Å²) in [5.41, 5.74) is 0. The predicted molar refractivity (Wildman–Crippen MR) is 68.8 cm³/mol. The Balaban J connectivity index is 1.57. The summed E-state index contributed by atoms with van der Waals surface area (Å²) in [5, 5.41) is 17.7. The van der Waals surface area contributed by atoms with Crippen LogP contribution in [0.2, 0.25) is 0 Å². The van der Waals surface area contributed by atoms with Crippen molar-refractivity contribution in [3.63, 3.8) is 0 Å². The van der Waals surface area contributed by atoms with E-state index >= 15 is 0 Å². The third-order valence-electron chi connectivity index (χ3n) is 3.57. The zero-order valence-electron chi connectivity index (χ0n) is 10.2. The number of aromatic nitrogens is 4. The molecule has 2 aromatic heterocycles. The Hall–Kier alpha value is -1.05. The molecule has 96 valence electrons. The summed E-state index contributed by atoms with van der Waals surface area (Å²) in [6.45, 7) is 5.32. The molecule has 0 aromatic carbocycles. The first-order valence-corrected chi connectivity index (χ1v) is 7.36. The fraction of sp³-hybridized carbons (Fsp3) is 0.727. The van der Waals surface area contributed by atoms with E-state index < -0.39 is 0 Å². The quantitative estimate of drug-likeness (QED) is 0.873. The first kappa shape index (κ1) is 10.8. The van der Waals surface area contributed by atoms with Crippen LogP contribution in [-0.4, -0.2) is 50.9 Å². The van der Waals surface area contributed by atoms with E-state index in [0.717, 1.165) is 48.5 Å². The summed E-state index contributed by atoms with van der Waals surface area (Å²) in [6, 6.07) is 0. The van der Waals surface area contributed by atoms with E-state index in [2.05, 4.69) is 25.5 Å². The van der Waals surface area contributed by atoms with Gasteiger partial charge in [0.1, 0.15) is 5.01 Å². The lowest BCUT2D eigenvalue weighted by atomic mass is 10.4. The van der Waals surface area contributed by atoms with Crippen molar-refractivity contribution in [2.75, 3.05) is 26.2 Å². The van der Waals surface area contributed by atoms with Crippen molar-refractivity contribution in [1.29, 1.82) is 0 Å². The van der Waals surface area contributed by atoms with Gasteiger partial charge in [0.15, 0.2) is 5.82 Å². The molecule has 3 heterocycles. The first-order chi connectivity index (χ1) is 8.90. The van der Waals surface area contributed by atoms with Crippen molar-refractivity contribution in [3.05, 3.63) is 10.8 Å². The third-order valence-corrected chi connectivity index (χ3v) is 4.45. The van der Waals surface area contributed by atoms with Crippen LogP contribution in [0, 0.1) is 0 Å². The van der Waals surface area contributed by atoms with Crippen molar-refractivity contribution >= 4 is 16.3 Å². The molecular formula is C11H16N6S. The second-order valence-electron chi connectivity index (χ2n) is 5.05. The molecule has 2 fully saturated rings. The molecular weight excluding hydrogens is 248 g/mol. The normalized spacial score (nSPS) is 21.8. The molecule has 0 unspecified atom stereocenters. The van der Waals surface area contributed by atoms with E-state index in [0.29, 0.717) is 5.92 Å². The van der Waals surface area contributed by atoms with Gasteiger partial charge in [-0.25, -0.2) is 0 Å². The number of piperazine rings is 1. The highest BCUT2D eigenvalue weighted by Crippen LogP contribution is 2.39. The highest BCUT2D eigenvalue weighted by atomic mass is 32.1. The molecule has 7 heteroatoms. The molecule has 1 saturated carbocycles. The van der Waals surface area contributed by atoms with Gasteiger partial charge < -0.3 is 5.32 Å². The lowest BCUT2D eigenvalue weighted by Crippen LogP contribution is -2.42. The van der Waals surface area contributed by atoms with E-state index in [1.54, 1.807) is 11.3 Å². The van der Waals surface area contributed by atoms with Crippen LogP contribution in [-0.2, 0) is 6.54 Å². The Kier molecular flexibility index (Phi) is 2.56. The van der Waals surface area contributed by atoms with Gasteiger partial charge in [0.25, 0.3) is 0 Å². The Labute approximate surface area is 109 Å². The molecule has 6 nitrogen and oxygen atoms in total. The van der Waals surface area contributed by atoms with E-state index in [1.165, 1.54) is 12.8 Å². The number of rotatable bonds is 3. The van der Waals surface area contributed by atoms with Gasteiger partial charge in [0.05, 0.1) is 6.54 Å². The maximum absolute atomic E-state index is 4.68. The Morgan fingerprint density at radius 3 is 2.83 bits per heavy atom. The predicted octanol–water partition coefficient (Wildman–Crippen LogP) is 0.468. The van der Waals surface area contributed by atoms with Crippen LogP contribution in [0.4, 0.5) is 0 Å². The highest BCUT2D eigenvalue weighted by molar-refractivity contribution is 7.16. The number of nitrogens with zero attached hydrogens (tertiary/aromatic N) is 5. The molecule has 0 amide bonds. The minimum atomic E-state index is 0.606. The molecule has 0 atom stereocenters. The largest absolute Gasteiger partial charge is 0.314 e. The lowest BCUT2D eigenvalue weighted by molar-refractivity contribution is 0.232. The maximum atomic E-state index is 4.68. The van der Waals surface area contributed by atoms with E-state index in [1.807, 2.05) is 4.52 Å². The van der Waals surface area contributed by atoms with Crippen LogP contribution in [0.25, 0.3) is 4.96 Å². The van der Waals surface area contributed by atoms with Crippen molar-refractivity contribution in [3.8, 4) is 0 Å². The van der Waals surface area contributed by atoms with Gasteiger partial charge in [-0.3, -0.25) is 4.90 Å². The van der Waals surface area contributed by atoms with Crippen molar-refractivity contribution in [1.82, 2.24) is 30.0 Å². The molecule has 2 aliphatic rings. The zero-order valence-corrected chi connectivity index (χ0v) is 11.0. The smallest absolute Gasteiger partial charge is 0.234 e. The lowest BCUT2D eigenvalue weighted by Gasteiger charge is -2.25. The molecule has 1 aliphatic carbocycles. The maximum Gasteiger partial charge on any atom is 0.234 e. The van der Waals surface area contributed by atoms with E-state index in [9.17, 15) is 0 Å². The van der Waals surface area contributed by atoms with Crippen molar-refractivity contribution in [2.45, 2.75) is 25.3 Å². The van der Waals surface area contributed by atoms with Crippen LogP contribution in [0.5, 0.6) is 0 Å². The fourth-order valence-corrected chi connectivity index (χ4v) is 3.28. The van der Waals surface area contributed by atoms with Crippen LogP contribution >= 0.6 is 11.3 Å². The molecule has 18 heavy (non-hydrogen) atoms. The highest BCUT2D eigenvalue weighted by Gasteiger charge is 2.30. The van der Waals surface area contributed by atoms with Crippen LogP contribution in [0.1, 0.15) is 29.6 Å². The topological polar surface area (TPSA) is 58.4 Å². The van der Waals surface area contributed by atoms with E-state index in [4.69, 9.17) is 0 Å². The minimum Gasteiger partial charge on any atom is -0.314 e. The first-order valence-electron chi connectivity index (χ1n) is 6.54. The SMILES string of the molecule is C1CN(Cc2nn3c(C4CC4)nnc3s2)CCN1. The van der Waals surface area contributed by atoms with Crippen LogP contribution in [0.15, 0.2) is 0 Å². The van der Waals surface area contributed by atoms with Crippen LogP contribution < -0.4 is 5.32 Å². The van der Waals surface area contributed by atoms with Crippen molar-refractivity contribution in [2.24, 2.45) is 0 Å². The molecule has 0 radical (unpaired) electrons. The molecule has 1 N–H and O–H groups in total. The number of fused-ring (bicyclic) bond motifs is 1. The van der Waals surface area contributed by atoms with Gasteiger partial charge >= 0.3 is 0 Å². The summed E-state index contributed by atoms with van der Waals surface area (Å²) in [6.07, 6.45) is 2.48. The minimum absolute atomic E-state index is 0.606. The monoisotopic (exact) mass is 264 g/mol. The molecule has 0 bridgehead atoms. The number of nitrogens with one attached hydrogen (secondary N) is 1. The van der Waals surface area contributed by atoms with Gasteiger partial charge in [-0.15, -0.1) is 10.2 Å². The van der Waals surface area contributed by atoms with E-state index in [-0.39, 0.29) is 0 Å². The molecule has 4 rings (SSSR count).